The van der Waals surface area contributed by atoms with E-state index in [-0.39, 0.29) is 21.7 Å². The SMILES string of the molecule is CC(C)(C)c1ccc2c(c1)-c1cc(C(C)(C)C)ccc1C21c2ccccc2-c2c(N(c3ccc4c(c3)C3(CCCC3)c3ccccc3-4)c3ccccc3-c3cccc4c3C(C)(C)c3ccccc3-4)cccc21. The summed E-state index contributed by atoms with van der Waals surface area (Å²) >= 11 is 0. The lowest BCUT2D eigenvalue weighted by Crippen LogP contribution is -2.26. The first-order chi connectivity index (χ1) is 34.7. The summed E-state index contributed by atoms with van der Waals surface area (Å²) < 4.78 is 0. The van der Waals surface area contributed by atoms with Gasteiger partial charge in [-0.2, -0.15) is 0 Å². The Morgan fingerprint density at radius 2 is 0.833 bits per heavy atom. The molecule has 14 rings (SSSR count). The van der Waals surface area contributed by atoms with E-state index in [0.717, 1.165) is 0 Å². The van der Waals surface area contributed by atoms with Gasteiger partial charge in [0.2, 0.25) is 0 Å². The molecule has 0 heterocycles. The molecule has 0 atom stereocenters. The van der Waals surface area contributed by atoms with Crippen LogP contribution in [-0.4, -0.2) is 0 Å². The third-order valence-electron chi connectivity index (χ3n) is 18.1. The van der Waals surface area contributed by atoms with E-state index in [1.54, 1.807) is 0 Å². The standard InChI is InChI=1S/C71H63N/c1-67(2,3)44-33-37-59-54(41-44)55-42-45(68(4,5)6)34-38-60(55)71(59)58-29-15-11-24-53(58)65-61(71)30-20-32-64(65)72(46-35-36-49-47-21-10-14-28-57(47)70(62(49)43-46)39-17-18-40-70)63-31-16-12-23-50(63)52-26-19-25-51-48-22-9-13-27-56(48)69(7,8)66(51)52/h9-16,19-38,41-43H,17-18,39-40H2,1-8H3. The third kappa shape index (κ3) is 5.71. The lowest BCUT2D eigenvalue weighted by molar-refractivity contribution is 0.550. The van der Waals surface area contributed by atoms with Crippen LogP contribution in [-0.2, 0) is 27.1 Å². The number of hydrogen-bond acceptors (Lipinski definition) is 1. The number of anilines is 3. The average molecular weight is 930 g/mol. The molecule has 0 radical (unpaired) electrons. The monoisotopic (exact) mass is 929 g/mol. The van der Waals surface area contributed by atoms with Crippen LogP contribution in [0.15, 0.2) is 188 Å². The number of nitrogens with zero attached hydrogens (tertiary/aromatic N) is 1. The zero-order valence-corrected chi connectivity index (χ0v) is 43.2. The summed E-state index contributed by atoms with van der Waals surface area (Å²) in [6.07, 6.45) is 4.88. The van der Waals surface area contributed by atoms with E-state index in [0.29, 0.717) is 0 Å². The topological polar surface area (TPSA) is 3.24 Å². The molecule has 0 amide bonds. The van der Waals surface area contributed by atoms with E-state index in [9.17, 15) is 0 Å². The molecule has 9 aromatic carbocycles. The highest BCUT2D eigenvalue weighted by molar-refractivity contribution is 6.04. The lowest BCUT2D eigenvalue weighted by atomic mass is 9.70. The molecule has 0 saturated heterocycles. The van der Waals surface area contributed by atoms with Gasteiger partial charge in [-0.3, -0.25) is 0 Å². The third-order valence-corrected chi connectivity index (χ3v) is 18.1. The molecule has 2 spiro atoms. The first-order valence-corrected chi connectivity index (χ1v) is 26.6. The first-order valence-electron chi connectivity index (χ1n) is 26.6. The summed E-state index contributed by atoms with van der Waals surface area (Å²) in [5.74, 6) is 0. The van der Waals surface area contributed by atoms with Crippen molar-refractivity contribution in [1.29, 1.82) is 0 Å². The van der Waals surface area contributed by atoms with E-state index in [2.05, 4.69) is 248 Å². The maximum absolute atomic E-state index is 2.67. The number of benzene rings is 9. The van der Waals surface area contributed by atoms with Gasteiger partial charge in [0.1, 0.15) is 0 Å². The van der Waals surface area contributed by atoms with Crippen molar-refractivity contribution >= 4 is 17.1 Å². The van der Waals surface area contributed by atoms with Crippen LogP contribution in [0.3, 0.4) is 0 Å². The van der Waals surface area contributed by atoms with E-state index >= 15 is 0 Å². The van der Waals surface area contributed by atoms with Crippen molar-refractivity contribution < 1.29 is 0 Å². The molecule has 0 N–H and O–H groups in total. The van der Waals surface area contributed by atoms with E-state index in [1.807, 2.05) is 0 Å². The molecule has 5 aliphatic carbocycles. The largest absolute Gasteiger partial charge is 0.309 e. The van der Waals surface area contributed by atoms with Crippen molar-refractivity contribution in [3.05, 3.63) is 244 Å². The molecule has 0 unspecified atom stereocenters. The second-order valence-corrected chi connectivity index (χ2v) is 24.3. The van der Waals surface area contributed by atoms with Crippen LogP contribution in [0.2, 0.25) is 0 Å². The lowest BCUT2D eigenvalue weighted by Gasteiger charge is -2.34. The zero-order chi connectivity index (χ0) is 49.1. The van der Waals surface area contributed by atoms with Gasteiger partial charge in [-0.05, 0) is 148 Å². The first kappa shape index (κ1) is 43.6. The Balaban J connectivity index is 1.07. The van der Waals surface area contributed by atoms with Crippen LogP contribution in [0, 0.1) is 0 Å². The van der Waals surface area contributed by atoms with E-state index < -0.39 is 5.41 Å². The van der Waals surface area contributed by atoms with E-state index in [1.165, 1.54) is 154 Å². The molecular weight excluding hydrogens is 867 g/mol. The summed E-state index contributed by atoms with van der Waals surface area (Å²) in [5, 5.41) is 0. The summed E-state index contributed by atoms with van der Waals surface area (Å²) in [5.41, 5.74) is 30.3. The van der Waals surface area contributed by atoms with Crippen LogP contribution in [0.5, 0.6) is 0 Å². The number of para-hydroxylation sites is 1. The summed E-state index contributed by atoms with van der Waals surface area (Å²) in [6, 6.07) is 73.7. The Kier molecular flexibility index (Phi) is 9.03. The van der Waals surface area contributed by atoms with Crippen molar-refractivity contribution in [3.63, 3.8) is 0 Å². The van der Waals surface area contributed by atoms with Gasteiger partial charge in [0.25, 0.3) is 0 Å². The normalized spacial score (nSPS) is 16.4. The van der Waals surface area contributed by atoms with Crippen LogP contribution >= 0.6 is 0 Å². The summed E-state index contributed by atoms with van der Waals surface area (Å²) in [6.45, 7) is 18.9. The quantitative estimate of drug-likeness (QED) is 0.170. The highest BCUT2D eigenvalue weighted by Crippen LogP contribution is 2.66. The van der Waals surface area contributed by atoms with Gasteiger partial charge in [0.05, 0.1) is 16.8 Å². The fourth-order valence-electron chi connectivity index (χ4n) is 14.8. The van der Waals surface area contributed by atoms with Crippen LogP contribution < -0.4 is 4.90 Å². The molecule has 0 bridgehead atoms. The Morgan fingerprint density at radius 1 is 0.361 bits per heavy atom. The molecule has 352 valence electrons. The predicted molar refractivity (Wildman–Crippen MR) is 303 cm³/mol. The molecule has 1 nitrogen and oxygen atoms in total. The van der Waals surface area contributed by atoms with Gasteiger partial charge in [-0.1, -0.05) is 232 Å². The zero-order valence-electron chi connectivity index (χ0n) is 43.2. The molecule has 5 aliphatic rings. The van der Waals surface area contributed by atoms with Crippen LogP contribution in [0.4, 0.5) is 17.1 Å². The smallest absolute Gasteiger partial charge is 0.0726 e. The van der Waals surface area contributed by atoms with Gasteiger partial charge in [-0.15, -0.1) is 0 Å². The van der Waals surface area contributed by atoms with Crippen molar-refractivity contribution in [2.45, 2.75) is 108 Å². The Labute approximate surface area is 427 Å². The Morgan fingerprint density at radius 3 is 1.49 bits per heavy atom. The highest BCUT2D eigenvalue weighted by Gasteiger charge is 2.53. The molecule has 9 aromatic rings. The number of fused-ring (bicyclic) bond motifs is 18. The van der Waals surface area contributed by atoms with Gasteiger partial charge < -0.3 is 4.90 Å². The second kappa shape index (κ2) is 14.9. The van der Waals surface area contributed by atoms with Crippen LogP contribution in [0.25, 0.3) is 55.6 Å². The van der Waals surface area contributed by atoms with Crippen molar-refractivity contribution in [2.75, 3.05) is 4.90 Å². The molecule has 72 heavy (non-hydrogen) atoms. The van der Waals surface area contributed by atoms with Gasteiger partial charge in [0, 0.05) is 27.6 Å². The highest BCUT2D eigenvalue weighted by atomic mass is 15.1. The minimum absolute atomic E-state index is 0.00428. The molecular formula is C71H63N. The summed E-state index contributed by atoms with van der Waals surface area (Å²) in [7, 11) is 0. The molecule has 0 aliphatic heterocycles. The maximum Gasteiger partial charge on any atom is 0.0726 e. The number of hydrogen-bond donors (Lipinski definition) is 0. The van der Waals surface area contributed by atoms with Gasteiger partial charge in [0.15, 0.2) is 0 Å². The molecule has 1 saturated carbocycles. The minimum atomic E-state index is -0.506. The fraction of sp³-hybridized carbons (Fsp3) is 0.239. The fourth-order valence-corrected chi connectivity index (χ4v) is 14.8. The van der Waals surface area contributed by atoms with Crippen LogP contribution in [0.1, 0.15) is 137 Å². The number of rotatable bonds is 4. The van der Waals surface area contributed by atoms with Crippen molar-refractivity contribution in [3.8, 4) is 55.6 Å². The molecule has 0 aromatic heterocycles. The summed E-state index contributed by atoms with van der Waals surface area (Å²) in [4.78, 5) is 2.67. The van der Waals surface area contributed by atoms with Gasteiger partial charge in [-0.25, -0.2) is 0 Å². The molecule has 1 heteroatoms. The predicted octanol–water partition coefficient (Wildman–Crippen LogP) is 18.9. The van der Waals surface area contributed by atoms with Crippen molar-refractivity contribution in [2.24, 2.45) is 0 Å². The Bertz CT molecular complexity index is 3700. The maximum atomic E-state index is 2.67. The Hall–Kier alpha value is -7.22. The second-order valence-electron chi connectivity index (χ2n) is 24.3. The van der Waals surface area contributed by atoms with Crippen molar-refractivity contribution in [1.82, 2.24) is 0 Å². The minimum Gasteiger partial charge on any atom is -0.309 e. The average Bonchev–Trinajstić information content (AvgIpc) is 4.18. The molecule has 1 fully saturated rings. The van der Waals surface area contributed by atoms with Gasteiger partial charge >= 0.3 is 0 Å². The van der Waals surface area contributed by atoms with E-state index in [4.69, 9.17) is 0 Å².